The Kier molecular flexibility index (Phi) is 2.79. The normalized spacial score (nSPS) is 11.6. The van der Waals surface area contributed by atoms with Crippen LogP contribution in [0.15, 0.2) is 6.07 Å². The lowest BCUT2D eigenvalue weighted by molar-refractivity contribution is 0.121. The van der Waals surface area contributed by atoms with Crippen molar-refractivity contribution in [2.45, 2.75) is 40.2 Å². The minimum absolute atomic E-state index is 0.348. The molecule has 1 rings (SSSR count). The van der Waals surface area contributed by atoms with Crippen molar-refractivity contribution >= 4 is 0 Å². The Balaban J connectivity index is 3.04. The molecule has 0 amide bonds. The number of rotatable bonds is 1. The van der Waals surface area contributed by atoms with Crippen LogP contribution in [0.25, 0.3) is 0 Å². The van der Waals surface area contributed by atoms with Crippen LogP contribution in [0.1, 0.15) is 31.9 Å². The first-order valence-electron chi connectivity index (χ1n) is 4.62. The Morgan fingerprint density at radius 2 is 1.79 bits per heavy atom. The van der Waals surface area contributed by atoms with Gasteiger partial charge in [-0.25, -0.2) is 0 Å². The highest BCUT2D eigenvalue weighted by Crippen LogP contribution is 2.21. The molecule has 0 unspecified atom stereocenters. The zero-order valence-electron chi connectivity index (χ0n) is 9.31. The van der Waals surface area contributed by atoms with Crippen LogP contribution in [0.4, 0.5) is 4.39 Å². The molecule has 0 aliphatic rings. The van der Waals surface area contributed by atoms with Crippen LogP contribution in [0.2, 0.25) is 0 Å². The van der Waals surface area contributed by atoms with Crippen molar-refractivity contribution in [2.24, 2.45) is 0 Å². The van der Waals surface area contributed by atoms with Gasteiger partial charge in [0, 0.05) is 11.1 Å². The van der Waals surface area contributed by atoms with Gasteiger partial charge >= 0.3 is 0 Å². The van der Waals surface area contributed by atoms with Gasteiger partial charge < -0.3 is 4.74 Å². The van der Waals surface area contributed by atoms with Crippen LogP contribution in [0.5, 0.6) is 5.88 Å². The van der Waals surface area contributed by atoms with Crippen LogP contribution in [-0.2, 0) is 0 Å². The smallest absolute Gasteiger partial charge is 0.219 e. The molecule has 0 N–H and O–H groups in total. The van der Waals surface area contributed by atoms with E-state index in [1.54, 1.807) is 13.0 Å². The van der Waals surface area contributed by atoms with Gasteiger partial charge in [0.15, 0.2) is 0 Å². The number of aryl methyl sites for hydroxylation is 2. The summed E-state index contributed by atoms with van der Waals surface area (Å²) in [6.07, 6.45) is 0. The third-order valence-corrected chi connectivity index (χ3v) is 1.70. The van der Waals surface area contributed by atoms with E-state index < -0.39 is 5.95 Å². The monoisotopic (exact) mass is 197 g/mol. The second-order valence-electron chi connectivity index (χ2n) is 4.43. The van der Waals surface area contributed by atoms with E-state index in [9.17, 15) is 4.39 Å². The Morgan fingerprint density at radius 3 is 2.29 bits per heavy atom. The van der Waals surface area contributed by atoms with Gasteiger partial charge in [-0.1, -0.05) is 0 Å². The number of halogens is 1. The van der Waals surface area contributed by atoms with E-state index in [1.807, 2.05) is 27.7 Å². The number of hydrogen-bond acceptors (Lipinski definition) is 2. The van der Waals surface area contributed by atoms with Crippen molar-refractivity contribution in [1.29, 1.82) is 0 Å². The minimum Gasteiger partial charge on any atom is -0.472 e. The molecular formula is C11H16FNO. The van der Waals surface area contributed by atoms with Crippen molar-refractivity contribution in [2.75, 3.05) is 0 Å². The SMILES string of the molecule is Cc1cc(C)c(OC(C)(C)C)nc1F. The number of ether oxygens (including phenoxy) is 1. The summed E-state index contributed by atoms with van der Waals surface area (Å²) < 4.78 is 18.7. The summed E-state index contributed by atoms with van der Waals surface area (Å²) in [5, 5.41) is 0. The molecule has 0 aliphatic heterocycles. The highest BCUT2D eigenvalue weighted by atomic mass is 19.1. The van der Waals surface area contributed by atoms with E-state index in [1.165, 1.54) is 0 Å². The van der Waals surface area contributed by atoms with Crippen LogP contribution >= 0.6 is 0 Å². The predicted octanol–water partition coefficient (Wildman–Crippen LogP) is 3.01. The lowest BCUT2D eigenvalue weighted by Crippen LogP contribution is -2.24. The average molecular weight is 197 g/mol. The van der Waals surface area contributed by atoms with Crippen molar-refractivity contribution in [3.63, 3.8) is 0 Å². The molecule has 1 aromatic rings. The number of pyridine rings is 1. The zero-order chi connectivity index (χ0) is 10.9. The lowest BCUT2D eigenvalue weighted by Gasteiger charge is -2.21. The van der Waals surface area contributed by atoms with Gasteiger partial charge in [-0.2, -0.15) is 9.37 Å². The quantitative estimate of drug-likeness (QED) is 0.645. The fraction of sp³-hybridized carbons (Fsp3) is 0.545. The minimum atomic E-state index is -0.463. The van der Waals surface area contributed by atoms with Crippen LogP contribution in [0, 0.1) is 19.8 Å². The van der Waals surface area contributed by atoms with Crippen LogP contribution < -0.4 is 4.74 Å². The molecule has 0 spiro atoms. The molecule has 78 valence electrons. The molecule has 0 fully saturated rings. The molecule has 0 radical (unpaired) electrons. The summed E-state index contributed by atoms with van der Waals surface area (Å²) in [5.74, 6) is -0.0875. The largest absolute Gasteiger partial charge is 0.472 e. The summed E-state index contributed by atoms with van der Waals surface area (Å²) in [5.41, 5.74) is 1.06. The molecule has 14 heavy (non-hydrogen) atoms. The second kappa shape index (κ2) is 3.56. The number of hydrogen-bond donors (Lipinski definition) is 0. The molecule has 3 heteroatoms. The molecule has 1 aromatic heterocycles. The van der Waals surface area contributed by atoms with Gasteiger partial charge in [0.1, 0.15) is 5.60 Å². The fourth-order valence-electron chi connectivity index (χ4n) is 1.10. The summed E-state index contributed by atoms with van der Waals surface area (Å²) in [6.45, 7) is 9.28. The third-order valence-electron chi connectivity index (χ3n) is 1.70. The van der Waals surface area contributed by atoms with Crippen molar-refractivity contribution in [3.05, 3.63) is 23.1 Å². The number of aromatic nitrogens is 1. The first kappa shape index (κ1) is 11.0. The molecule has 2 nitrogen and oxygen atoms in total. The van der Waals surface area contributed by atoms with Gasteiger partial charge in [0.05, 0.1) is 0 Å². The van der Waals surface area contributed by atoms with Gasteiger partial charge in [-0.3, -0.25) is 0 Å². The Hall–Kier alpha value is -1.12. The molecule has 0 saturated carbocycles. The number of nitrogens with zero attached hydrogens (tertiary/aromatic N) is 1. The van der Waals surface area contributed by atoms with E-state index >= 15 is 0 Å². The van der Waals surface area contributed by atoms with Crippen molar-refractivity contribution < 1.29 is 9.13 Å². The second-order valence-corrected chi connectivity index (χ2v) is 4.43. The highest BCUT2D eigenvalue weighted by molar-refractivity contribution is 5.29. The van der Waals surface area contributed by atoms with E-state index in [0.717, 1.165) is 5.56 Å². The zero-order valence-corrected chi connectivity index (χ0v) is 9.31. The predicted molar refractivity (Wildman–Crippen MR) is 54.1 cm³/mol. The lowest BCUT2D eigenvalue weighted by atomic mass is 10.2. The molecule has 0 aromatic carbocycles. The average Bonchev–Trinajstić information content (AvgIpc) is 1.97. The van der Waals surface area contributed by atoms with Crippen LogP contribution in [0.3, 0.4) is 0 Å². The summed E-state index contributed by atoms with van der Waals surface area (Å²) in [6, 6.07) is 1.74. The maximum absolute atomic E-state index is 13.1. The first-order chi connectivity index (χ1) is 6.29. The van der Waals surface area contributed by atoms with Gasteiger partial charge in [0.25, 0.3) is 0 Å². The van der Waals surface area contributed by atoms with E-state index in [4.69, 9.17) is 4.74 Å². The Morgan fingerprint density at radius 1 is 1.21 bits per heavy atom. The van der Waals surface area contributed by atoms with E-state index in [-0.39, 0.29) is 5.60 Å². The van der Waals surface area contributed by atoms with E-state index in [0.29, 0.717) is 11.4 Å². The molecule has 0 aliphatic carbocycles. The summed E-state index contributed by atoms with van der Waals surface area (Å²) in [7, 11) is 0. The molecule has 0 saturated heterocycles. The maximum atomic E-state index is 13.1. The summed E-state index contributed by atoms with van der Waals surface area (Å²) >= 11 is 0. The molecule has 0 bridgehead atoms. The molecular weight excluding hydrogens is 181 g/mol. The van der Waals surface area contributed by atoms with Crippen molar-refractivity contribution in [1.82, 2.24) is 4.98 Å². The van der Waals surface area contributed by atoms with Gasteiger partial charge in [-0.15, -0.1) is 0 Å². The molecule has 1 heterocycles. The van der Waals surface area contributed by atoms with Gasteiger partial charge in [0.2, 0.25) is 11.8 Å². The Bertz CT molecular complexity index is 342. The first-order valence-corrected chi connectivity index (χ1v) is 4.62. The summed E-state index contributed by atoms with van der Waals surface area (Å²) in [4.78, 5) is 3.77. The standard InChI is InChI=1S/C11H16FNO/c1-7-6-8(2)10(13-9(7)12)14-11(3,4)5/h6H,1-5H3. The van der Waals surface area contributed by atoms with Gasteiger partial charge in [-0.05, 0) is 40.7 Å². The van der Waals surface area contributed by atoms with Crippen LogP contribution in [-0.4, -0.2) is 10.6 Å². The topological polar surface area (TPSA) is 22.1 Å². The van der Waals surface area contributed by atoms with Crippen molar-refractivity contribution in [3.8, 4) is 5.88 Å². The maximum Gasteiger partial charge on any atom is 0.219 e. The van der Waals surface area contributed by atoms with E-state index in [2.05, 4.69) is 4.98 Å². The highest BCUT2D eigenvalue weighted by Gasteiger charge is 2.15. The fourth-order valence-corrected chi connectivity index (χ4v) is 1.10. The Labute approximate surface area is 84.1 Å². The molecule has 0 atom stereocenters. The third kappa shape index (κ3) is 2.69.